The Morgan fingerprint density at radius 3 is 2.71 bits per heavy atom. The molecule has 1 saturated carbocycles. The lowest BCUT2D eigenvalue weighted by Crippen LogP contribution is -2.70. The third kappa shape index (κ3) is 2.82. The quantitative estimate of drug-likeness (QED) is 0.567. The minimum atomic E-state index is -0.821. The zero-order valence-electron chi connectivity index (χ0n) is 16.8. The van der Waals surface area contributed by atoms with Gasteiger partial charge in [0.1, 0.15) is 0 Å². The monoisotopic (exact) mass is 386 g/mol. The molecule has 6 rings (SSSR count). The lowest BCUT2D eigenvalue weighted by atomic mass is 9.57. The highest BCUT2D eigenvalue weighted by Crippen LogP contribution is 2.60. The molecular formula is C23H30O5. The number of fused-ring (bicyclic) bond motifs is 2. The summed E-state index contributed by atoms with van der Waals surface area (Å²) in [5.41, 5.74) is 0.655. The van der Waals surface area contributed by atoms with Gasteiger partial charge < -0.3 is 9.47 Å². The highest BCUT2D eigenvalue weighted by molar-refractivity contribution is 5.74. The maximum atomic E-state index is 13.0. The molecule has 4 aliphatic heterocycles. The zero-order valence-corrected chi connectivity index (χ0v) is 16.8. The van der Waals surface area contributed by atoms with E-state index in [1.54, 1.807) is 0 Å². The van der Waals surface area contributed by atoms with Gasteiger partial charge in [-0.3, -0.25) is 4.79 Å². The standard InChI is InChI=1S/C23H30O5/c1-15-11-12-19-17(10-6-9-16-7-4-3-5-8-16)20(24)25-21-23(19)18(15)13-14-22(2,26-21)27-28-23/h3-5,7-8,15,17-19,21H,6,9-14H2,1-2H3/t15-,17-,18?,19+,21-,22+,23-/m1/s1. The van der Waals surface area contributed by atoms with E-state index < -0.39 is 17.7 Å². The largest absolute Gasteiger partial charge is 0.432 e. The summed E-state index contributed by atoms with van der Waals surface area (Å²) in [5.74, 6) is -0.194. The fraction of sp³-hybridized carbons (Fsp3) is 0.696. The molecule has 1 aromatic rings. The summed E-state index contributed by atoms with van der Waals surface area (Å²) in [7, 11) is 0. The molecule has 1 aliphatic carbocycles. The van der Waals surface area contributed by atoms with Crippen molar-refractivity contribution in [3.63, 3.8) is 0 Å². The van der Waals surface area contributed by atoms with Crippen LogP contribution in [0, 0.1) is 23.7 Å². The van der Waals surface area contributed by atoms with Crippen LogP contribution in [0.1, 0.15) is 57.9 Å². The van der Waals surface area contributed by atoms with Crippen LogP contribution in [0.5, 0.6) is 0 Å². The Morgan fingerprint density at radius 1 is 1.07 bits per heavy atom. The SMILES string of the molecule is C[C@@H]1CC[C@H]2[C@@H](CCCc3ccccc3)C(=O)O[C@@H]3O[C@]4(C)CCC1[C@]32OO4. The van der Waals surface area contributed by atoms with Gasteiger partial charge in [-0.1, -0.05) is 37.3 Å². The van der Waals surface area contributed by atoms with E-state index in [1.165, 1.54) is 5.56 Å². The van der Waals surface area contributed by atoms with Crippen molar-refractivity contribution >= 4 is 5.97 Å². The maximum Gasteiger partial charge on any atom is 0.311 e. The lowest BCUT2D eigenvalue weighted by molar-refractivity contribution is -0.559. The van der Waals surface area contributed by atoms with E-state index in [2.05, 4.69) is 31.2 Å². The molecule has 5 heteroatoms. The fourth-order valence-electron chi connectivity index (χ4n) is 6.11. The molecule has 1 spiro atoms. The van der Waals surface area contributed by atoms with Crippen molar-refractivity contribution in [2.75, 3.05) is 0 Å². The van der Waals surface area contributed by atoms with Gasteiger partial charge in [0.2, 0.25) is 12.1 Å². The van der Waals surface area contributed by atoms with Crippen molar-refractivity contribution in [3.05, 3.63) is 35.9 Å². The van der Waals surface area contributed by atoms with Gasteiger partial charge in [-0.25, -0.2) is 9.78 Å². The molecule has 1 unspecified atom stereocenters. The Balaban J connectivity index is 1.40. The summed E-state index contributed by atoms with van der Waals surface area (Å²) in [6.45, 7) is 4.18. The molecular weight excluding hydrogens is 356 g/mol. The highest BCUT2D eigenvalue weighted by atomic mass is 17.3. The summed E-state index contributed by atoms with van der Waals surface area (Å²) in [5, 5.41) is 0. The maximum absolute atomic E-state index is 13.0. The minimum Gasteiger partial charge on any atom is -0.432 e. The van der Waals surface area contributed by atoms with E-state index >= 15 is 0 Å². The van der Waals surface area contributed by atoms with Crippen LogP contribution in [0.4, 0.5) is 0 Å². The molecule has 0 radical (unpaired) electrons. The van der Waals surface area contributed by atoms with Crippen LogP contribution in [-0.2, 0) is 30.5 Å². The molecule has 152 valence electrons. The van der Waals surface area contributed by atoms with Gasteiger partial charge in [0, 0.05) is 18.3 Å². The van der Waals surface area contributed by atoms with Crippen molar-refractivity contribution in [3.8, 4) is 0 Å². The topological polar surface area (TPSA) is 54.0 Å². The Kier molecular flexibility index (Phi) is 4.53. The van der Waals surface area contributed by atoms with Crippen molar-refractivity contribution in [1.29, 1.82) is 0 Å². The second-order valence-corrected chi connectivity index (χ2v) is 9.33. The van der Waals surface area contributed by atoms with Crippen LogP contribution in [0.3, 0.4) is 0 Å². The molecule has 4 saturated heterocycles. The number of esters is 1. The molecule has 0 N–H and O–H groups in total. The average molecular weight is 386 g/mol. The summed E-state index contributed by atoms with van der Waals surface area (Å²) >= 11 is 0. The van der Waals surface area contributed by atoms with Crippen LogP contribution in [0.15, 0.2) is 30.3 Å². The minimum absolute atomic E-state index is 0.0957. The van der Waals surface area contributed by atoms with E-state index in [0.717, 1.165) is 44.9 Å². The number of benzene rings is 1. The number of ether oxygens (including phenoxy) is 2. The molecule has 0 aromatic heterocycles. The third-order valence-electron chi connectivity index (χ3n) is 7.61. The number of aryl methyl sites for hydroxylation is 1. The molecule has 5 aliphatic rings. The van der Waals surface area contributed by atoms with Crippen molar-refractivity contribution < 1.29 is 24.0 Å². The fourth-order valence-corrected chi connectivity index (χ4v) is 6.11. The first-order valence-electron chi connectivity index (χ1n) is 10.8. The zero-order chi connectivity index (χ0) is 19.4. The van der Waals surface area contributed by atoms with Gasteiger partial charge in [-0.15, -0.1) is 0 Å². The van der Waals surface area contributed by atoms with Gasteiger partial charge in [0.15, 0.2) is 5.60 Å². The van der Waals surface area contributed by atoms with Crippen LogP contribution in [0.2, 0.25) is 0 Å². The smallest absolute Gasteiger partial charge is 0.311 e. The molecule has 28 heavy (non-hydrogen) atoms. The van der Waals surface area contributed by atoms with Crippen LogP contribution in [0.25, 0.3) is 0 Å². The Hall–Kier alpha value is -1.43. The first-order chi connectivity index (χ1) is 13.5. The molecule has 7 atom stereocenters. The molecule has 0 amide bonds. The van der Waals surface area contributed by atoms with Crippen LogP contribution < -0.4 is 0 Å². The van der Waals surface area contributed by atoms with E-state index in [4.69, 9.17) is 19.2 Å². The summed E-state index contributed by atoms with van der Waals surface area (Å²) in [4.78, 5) is 24.9. The summed E-state index contributed by atoms with van der Waals surface area (Å²) < 4.78 is 12.1. The predicted molar refractivity (Wildman–Crippen MR) is 102 cm³/mol. The van der Waals surface area contributed by atoms with E-state index in [0.29, 0.717) is 11.8 Å². The van der Waals surface area contributed by atoms with Crippen molar-refractivity contribution in [1.82, 2.24) is 0 Å². The number of carbonyl (C=O) groups excluding carboxylic acids is 1. The van der Waals surface area contributed by atoms with Crippen LogP contribution >= 0.6 is 0 Å². The number of rotatable bonds is 4. The van der Waals surface area contributed by atoms with Gasteiger partial charge >= 0.3 is 5.97 Å². The number of hydrogen-bond donors (Lipinski definition) is 0. The highest BCUT2D eigenvalue weighted by Gasteiger charge is 2.70. The van der Waals surface area contributed by atoms with Gasteiger partial charge in [0.05, 0.1) is 5.92 Å². The number of hydrogen-bond acceptors (Lipinski definition) is 5. The van der Waals surface area contributed by atoms with E-state index in [9.17, 15) is 4.79 Å². The summed E-state index contributed by atoms with van der Waals surface area (Å²) in [6.07, 6.45) is 5.93. The number of carbonyl (C=O) groups is 1. The normalized spacial score (nSPS) is 44.5. The first-order valence-corrected chi connectivity index (χ1v) is 10.8. The van der Waals surface area contributed by atoms with E-state index in [1.807, 2.05) is 13.0 Å². The van der Waals surface area contributed by atoms with Crippen molar-refractivity contribution in [2.45, 2.75) is 76.5 Å². The van der Waals surface area contributed by atoms with Gasteiger partial charge in [-0.05, 0) is 56.9 Å². The molecule has 5 nitrogen and oxygen atoms in total. The second kappa shape index (κ2) is 6.82. The molecule has 4 heterocycles. The molecule has 1 aromatic carbocycles. The molecule has 2 bridgehead atoms. The van der Waals surface area contributed by atoms with Gasteiger partial charge in [0.25, 0.3) is 0 Å². The molecule has 5 fully saturated rings. The predicted octanol–water partition coefficient (Wildman–Crippen LogP) is 4.40. The van der Waals surface area contributed by atoms with Gasteiger partial charge in [-0.2, -0.15) is 0 Å². The third-order valence-corrected chi connectivity index (χ3v) is 7.61. The Labute approximate surface area is 166 Å². The van der Waals surface area contributed by atoms with Crippen LogP contribution in [-0.4, -0.2) is 23.6 Å². The Bertz CT molecular complexity index is 736. The first kappa shape index (κ1) is 18.6. The summed E-state index contributed by atoms with van der Waals surface area (Å²) in [6, 6.07) is 10.4. The van der Waals surface area contributed by atoms with E-state index in [-0.39, 0.29) is 17.8 Å². The van der Waals surface area contributed by atoms with Crippen molar-refractivity contribution in [2.24, 2.45) is 23.7 Å². The second-order valence-electron chi connectivity index (χ2n) is 9.33. The Morgan fingerprint density at radius 2 is 1.89 bits per heavy atom. The average Bonchev–Trinajstić information content (AvgIpc) is 2.92. The lowest BCUT2D eigenvalue weighted by Gasteiger charge is -2.58.